The van der Waals surface area contributed by atoms with Crippen molar-refractivity contribution in [2.45, 2.75) is 6.61 Å². The van der Waals surface area contributed by atoms with Crippen LogP contribution in [0.1, 0.15) is 26.3 Å². The topological polar surface area (TPSA) is 67.4 Å². The van der Waals surface area contributed by atoms with Gasteiger partial charge in [0, 0.05) is 9.50 Å². The molecule has 0 aromatic heterocycles. The zero-order chi connectivity index (χ0) is 19.9. The van der Waals surface area contributed by atoms with Crippen LogP contribution in [0.2, 0.25) is 5.02 Å². The molecule has 0 fully saturated rings. The number of halogens is 2. The molecule has 0 bridgehead atoms. The van der Waals surface area contributed by atoms with Gasteiger partial charge < -0.3 is 4.74 Å². The second-order valence-electron chi connectivity index (χ2n) is 5.80. The quantitative estimate of drug-likeness (QED) is 0.541. The molecular weight excluding hydrogens is 444 g/mol. The first kappa shape index (κ1) is 19.9. The van der Waals surface area contributed by atoms with Crippen LogP contribution in [0.3, 0.4) is 0 Å². The van der Waals surface area contributed by atoms with E-state index in [0.29, 0.717) is 26.4 Å². The molecule has 7 heteroatoms. The molecule has 0 aliphatic rings. The molecule has 0 saturated heterocycles. The predicted molar refractivity (Wildman–Crippen MR) is 111 cm³/mol. The molecule has 0 aliphatic carbocycles. The molecule has 0 unspecified atom stereocenters. The molecule has 3 aromatic rings. The molecule has 2 N–H and O–H groups in total. The molecule has 0 spiro atoms. The van der Waals surface area contributed by atoms with Crippen LogP contribution in [0.25, 0.3) is 0 Å². The highest BCUT2D eigenvalue weighted by atomic mass is 79.9. The van der Waals surface area contributed by atoms with Gasteiger partial charge in [-0.05, 0) is 57.9 Å². The van der Waals surface area contributed by atoms with E-state index >= 15 is 0 Å². The van der Waals surface area contributed by atoms with Crippen molar-refractivity contribution in [3.05, 3.63) is 99.0 Å². The molecule has 0 radical (unpaired) electrons. The van der Waals surface area contributed by atoms with Crippen LogP contribution in [-0.2, 0) is 6.61 Å². The number of hydrogen-bond acceptors (Lipinski definition) is 3. The van der Waals surface area contributed by atoms with Crippen molar-refractivity contribution in [1.29, 1.82) is 0 Å². The molecule has 3 aromatic carbocycles. The Labute approximate surface area is 175 Å². The maximum absolute atomic E-state index is 12.5. The molecule has 2 amide bonds. The van der Waals surface area contributed by atoms with Crippen LogP contribution < -0.4 is 15.6 Å². The summed E-state index contributed by atoms with van der Waals surface area (Å²) in [5.41, 5.74) is 6.46. The summed E-state index contributed by atoms with van der Waals surface area (Å²) < 4.78 is 6.40. The van der Waals surface area contributed by atoms with Gasteiger partial charge in [0.05, 0.1) is 11.1 Å². The van der Waals surface area contributed by atoms with E-state index in [-0.39, 0.29) is 6.61 Å². The number of nitrogens with one attached hydrogen (secondary N) is 2. The highest BCUT2D eigenvalue weighted by molar-refractivity contribution is 9.10. The summed E-state index contributed by atoms with van der Waals surface area (Å²) in [7, 11) is 0. The summed E-state index contributed by atoms with van der Waals surface area (Å²) in [5, 5.41) is 0.643. The SMILES string of the molecule is O=C(NNC(=O)c1ccccc1OCc1ccc(Cl)cc1)c1ccccc1Br. The van der Waals surface area contributed by atoms with Gasteiger partial charge >= 0.3 is 0 Å². The maximum Gasteiger partial charge on any atom is 0.273 e. The molecule has 28 heavy (non-hydrogen) atoms. The lowest BCUT2D eigenvalue weighted by molar-refractivity contribution is 0.0843. The second kappa shape index (κ2) is 9.39. The Bertz CT molecular complexity index is 993. The number of rotatable bonds is 5. The Morgan fingerprint density at radius 3 is 2.07 bits per heavy atom. The third-order valence-corrected chi connectivity index (χ3v) is 4.79. The number of benzene rings is 3. The monoisotopic (exact) mass is 458 g/mol. The van der Waals surface area contributed by atoms with Crippen LogP contribution >= 0.6 is 27.5 Å². The molecule has 142 valence electrons. The lowest BCUT2D eigenvalue weighted by Gasteiger charge is -2.13. The van der Waals surface area contributed by atoms with E-state index in [0.717, 1.165) is 5.56 Å². The van der Waals surface area contributed by atoms with E-state index in [1.807, 2.05) is 12.1 Å². The number of hydrazine groups is 1. The highest BCUT2D eigenvalue weighted by Gasteiger charge is 2.15. The van der Waals surface area contributed by atoms with Crippen molar-refractivity contribution in [2.75, 3.05) is 0 Å². The van der Waals surface area contributed by atoms with Crippen LogP contribution in [0.4, 0.5) is 0 Å². The molecule has 0 heterocycles. The first-order chi connectivity index (χ1) is 13.5. The summed E-state index contributed by atoms with van der Waals surface area (Å²) in [5.74, 6) is -0.502. The fraction of sp³-hybridized carbons (Fsp3) is 0.0476. The van der Waals surface area contributed by atoms with Crippen molar-refractivity contribution in [3.8, 4) is 5.75 Å². The molecule has 0 atom stereocenters. The average molecular weight is 460 g/mol. The van der Waals surface area contributed by atoms with Gasteiger partial charge in [0.15, 0.2) is 0 Å². The van der Waals surface area contributed by atoms with Crippen molar-refractivity contribution in [3.63, 3.8) is 0 Å². The van der Waals surface area contributed by atoms with E-state index in [1.165, 1.54) is 0 Å². The number of amides is 2. The van der Waals surface area contributed by atoms with E-state index in [4.69, 9.17) is 16.3 Å². The van der Waals surface area contributed by atoms with Crippen molar-refractivity contribution in [2.24, 2.45) is 0 Å². The smallest absolute Gasteiger partial charge is 0.273 e. The number of carbonyl (C=O) groups excluding carboxylic acids is 2. The lowest BCUT2D eigenvalue weighted by atomic mass is 10.2. The molecule has 0 aliphatic heterocycles. The van der Waals surface area contributed by atoms with Gasteiger partial charge in [-0.1, -0.05) is 48.0 Å². The van der Waals surface area contributed by atoms with Crippen LogP contribution in [-0.4, -0.2) is 11.8 Å². The zero-order valence-electron chi connectivity index (χ0n) is 14.6. The minimum absolute atomic E-state index is 0.283. The first-order valence-corrected chi connectivity index (χ1v) is 9.53. The summed E-state index contributed by atoms with van der Waals surface area (Å²) in [4.78, 5) is 24.7. The standard InChI is InChI=1S/C21H16BrClN2O3/c22-18-7-3-1-5-16(18)20(26)24-25-21(27)17-6-2-4-8-19(17)28-13-14-9-11-15(23)12-10-14/h1-12H,13H2,(H,24,26)(H,25,27). The number of hydrogen-bond donors (Lipinski definition) is 2. The Morgan fingerprint density at radius 2 is 1.39 bits per heavy atom. The van der Waals surface area contributed by atoms with Gasteiger partial charge in [0.2, 0.25) is 0 Å². The third-order valence-electron chi connectivity index (χ3n) is 3.85. The van der Waals surface area contributed by atoms with E-state index in [2.05, 4.69) is 26.8 Å². The van der Waals surface area contributed by atoms with Gasteiger partial charge in [-0.25, -0.2) is 0 Å². The van der Waals surface area contributed by atoms with Crippen LogP contribution in [0.5, 0.6) is 5.75 Å². The first-order valence-electron chi connectivity index (χ1n) is 8.36. The minimum atomic E-state index is -0.480. The summed E-state index contributed by atoms with van der Waals surface area (Å²) in [6.45, 7) is 0.283. The summed E-state index contributed by atoms with van der Waals surface area (Å²) in [6, 6.07) is 21.0. The van der Waals surface area contributed by atoms with Gasteiger partial charge in [0.25, 0.3) is 11.8 Å². The zero-order valence-corrected chi connectivity index (χ0v) is 17.0. The number of ether oxygens (including phenoxy) is 1. The van der Waals surface area contributed by atoms with Crippen LogP contribution in [0, 0.1) is 0 Å². The van der Waals surface area contributed by atoms with Crippen molar-refractivity contribution in [1.82, 2.24) is 10.9 Å². The fourth-order valence-corrected chi connectivity index (χ4v) is 3.01. The number of para-hydroxylation sites is 1. The molecule has 0 saturated carbocycles. The van der Waals surface area contributed by atoms with Gasteiger partial charge in [-0.2, -0.15) is 0 Å². The maximum atomic E-state index is 12.5. The third kappa shape index (κ3) is 5.12. The molecule has 5 nitrogen and oxygen atoms in total. The minimum Gasteiger partial charge on any atom is -0.488 e. The normalized spacial score (nSPS) is 10.2. The predicted octanol–water partition coefficient (Wildman–Crippen LogP) is 4.76. The van der Waals surface area contributed by atoms with Crippen molar-refractivity contribution >= 4 is 39.3 Å². The average Bonchev–Trinajstić information content (AvgIpc) is 2.72. The van der Waals surface area contributed by atoms with Gasteiger partial charge in [-0.15, -0.1) is 0 Å². The van der Waals surface area contributed by atoms with Crippen LogP contribution in [0.15, 0.2) is 77.3 Å². The lowest BCUT2D eigenvalue weighted by Crippen LogP contribution is -2.41. The van der Waals surface area contributed by atoms with Crippen molar-refractivity contribution < 1.29 is 14.3 Å². The molecular formula is C21H16BrClN2O3. The highest BCUT2D eigenvalue weighted by Crippen LogP contribution is 2.20. The van der Waals surface area contributed by atoms with E-state index in [1.54, 1.807) is 60.7 Å². The number of carbonyl (C=O) groups is 2. The molecule has 3 rings (SSSR count). The largest absolute Gasteiger partial charge is 0.488 e. The van der Waals surface area contributed by atoms with Gasteiger partial charge in [-0.3, -0.25) is 20.4 Å². The van der Waals surface area contributed by atoms with Gasteiger partial charge in [0.1, 0.15) is 12.4 Å². The Hall–Kier alpha value is -2.83. The second-order valence-corrected chi connectivity index (χ2v) is 7.09. The summed E-state index contributed by atoms with van der Waals surface area (Å²) >= 11 is 9.18. The summed E-state index contributed by atoms with van der Waals surface area (Å²) in [6.07, 6.45) is 0. The van der Waals surface area contributed by atoms with E-state index < -0.39 is 11.8 Å². The Kier molecular flexibility index (Phi) is 6.68. The Morgan fingerprint density at radius 1 is 0.821 bits per heavy atom. The van der Waals surface area contributed by atoms with E-state index in [9.17, 15) is 9.59 Å². The fourth-order valence-electron chi connectivity index (χ4n) is 2.42. The Balaban J connectivity index is 1.64.